The lowest BCUT2D eigenvalue weighted by Crippen LogP contribution is -2.08. The molecule has 0 fully saturated rings. The molecule has 0 unspecified atom stereocenters. The summed E-state index contributed by atoms with van der Waals surface area (Å²) in [5, 5.41) is 9.89. The maximum atomic E-state index is 13.8. The van der Waals surface area contributed by atoms with Gasteiger partial charge in [-0.25, -0.2) is 14.4 Å². The Morgan fingerprint density at radius 2 is 2.20 bits per heavy atom. The Kier molecular flexibility index (Phi) is 3.12. The van der Waals surface area contributed by atoms with Crippen molar-refractivity contribution < 1.29 is 4.39 Å². The first-order chi connectivity index (χ1) is 9.74. The summed E-state index contributed by atoms with van der Waals surface area (Å²) in [5.41, 5.74) is 5.97. The minimum absolute atomic E-state index is 0.207. The van der Waals surface area contributed by atoms with Crippen molar-refractivity contribution in [3.8, 4) is 0 Å². The third-order valence-corrected chi connectivity index (χ3v) is 2.82. The molecule has 1 aromatic carbocycles. The Labute approximate surface area is 113 Å². The van der Waals surface area contributed by atoms with Gasteiger partial charge >= 0.3 is 0 Å². The first kappa shape index (κ1) is 12.3. The van der Waals surface area contributed by atoms with E-state index >= 15 is 0 Å². The molecule has 0 atom stereocenters. The van der Waals surface area contributed by atoms with Crippen molar-refractivity contribution in [3.05, 3.63) is 36.2 Å². The summed E-state index contributed by atoms with van der Waals surface area (Å²) >= 11 is 0. The number of nitrogens with two attached hydrogens (primary N) is 1. The lowest BCUT2D eigenvalue weighted by atomic mass is 10.2. The van der Waals surface area contributed by atoms with Gasteiger partial charge in [0.05, 0.1) is 10.9 Å². The Balaban J connectivity index is 1.77. The second-order valence-electron chi connectivity index (χ2n) is 4.17. The molecule has 0 saturated heterocycles. The summed E-state index contributed by atoms with van der Waals surface area (Å²) < 4.78 is 13.8. The summed E-state index contributed by atoms with van der Waals surface area (Å²) in [6.07, 6.45) is 1.97. The molecule has 7 nitrogen and oxygen atoms in total. The zero-order valence-electron chi connectivity index (χ0n) is 10.5. The van der Waals surface area contributed by atoms with E-state index in [1.165, 1.54) is 12.4 Å². The van der Waals surface area contributed by atoms with Crippen LogP contribution in [-0.4, -0.2) is 31.7 Å². The highest BCUT2D eigenvalue weighted by atomic mass is 19.1. The van der Waals surface area contributed by atoms with Crippen molar-refractivity contribution in [2.24, 2.45) is 0 Å². The van der Waals surface area contributed by atoms with E-state index in [4.69, 9.17) is 5.73 Å². The van der Waals surface area contributed by atoms with Crippen LogP contribution in [0.5, 0.6) is 0 Å². The first-order valence-electron chi connectivity index (χ1n) is 6.04. The highest BCUT2D eigenvalue weighted by molar-refractivity contribution is 5.89. The van der Waals surface area contributed by atoms with E-state index in [0.29, 0.717) is 35.5 Å². The molecule has 2 heterocycles. The summed E-state index contributed by atoms with van der Waals surface area (Å²) in [7, 11) is 0. The Hall–Kier alpha value is -2.77. The van der Waals surface area contributed by atoms with Gasteiger partial charge in [0, 0.05) is 13.0 Å². The van der Waals surface area contributed by atoms with Crippen molar-refractivity contribution in [1.82, 2.24) is 25.1 Å². The smallest absolute Gasteiger partial charge is 0.239 e. The van der Waals surface area contributed by atoms with Crippen LogP contribution in [0.3, 0.4) is 0 Å². The van der Waals surface area contributed by atoms with E-state index in [9.17, 15) is 4.39 Å². The third kappa shape index (κ3) is 2.35. The Morgan fingerprint density at radius 3 is 3.00 bits per heavy atom. The third-order valence-electron chi connectivity index (χ3n) is 2.82. The highest BCUT2D eigenvalue weighted by Gasteiger charge is 2.08. The van der Waals surface area contributed by atoms with E-state index in [0.717, 1.165) is 0 Å². The van der Waals surface area contributed by atoms with Gasteiger partial charge in [0.1, 0.15) is 23.8 Å². The average Bonchev–Trinajstić information content (AvgIpc) is 2.85. The van der Waals surface area contributed by atoms with Gasteiger partial charge in [-0.3, -0.25) is 5.10 Å². The fraction of sp³-hybridized carbons (Fsp3) is 0.167. The number of hydrogen-bond donors (Lipinski definition) is 3. The lowest BCUT2D eigenvalue weighted by molar-refractivity contribution is 0.639. The number of benzene rings is 1. The predicted molar refractivity (Wildman–Crippen MR) is 72.5 cm³/mol. The molecule has 4 N–H and O–H groups in total. The standard InChI is InChI=1S/C12H12FN7/c13-7-2-1-3-8-10(7)11(17-6-16-8)15-5-4-9-18-12(14)20-19-9/h1-3,6H,4-5H2,(H,15,16,17)(H3,14,18,19,20). The molecule has 0 radical (unpaired) electrons. The van der Waals surface area contributed by atoms with Crippen molar-refractivity contribution in [2.75, 3.05) is 17.6 Å². The number of fused-ring (bicyclic) bond motifs is 1. The molecule has 102 valence electrons. The van der Waals surface area contributed by atoms with Crippen LogP contribution in [0.15, 0.2) is 24.5 Å². The number of halogens is 1. The largest absolute Gasteiger partial charge is 0.369 e. The van der Waals surface area contributed by atoms with Gasteiger partial charge < -0.3 is 11.1 Å². The molecule has 8 heteroatoms. The van der Waals surface area contributed by atoms with Crippen LogP contribution >= 0.6 is 0 Å². The number of rotatable bonds is 4. The summed E-state index contributed by atoms with van der Waals surface area (Å²) in [5.74, 6) is 0.975. The van der Waals surface area contributed by atoms with E-state index in [1.54, 1.807) is 12.1 Å². The minimum atomic E-state index is -0.352. The number of hydrogen-bond acceptors (Lipinski definition) is 6. The van der Waals surface area contributed by atoms with Gasteiger partial charge in [0.25, 0.3) is 0 Å². The van der Waals surface area contributed by atoms with Gasteiger partial charge in [-0.15, -0.1) is 5.10 Å². The number of aromatic amines is 1. The Bertz CT molecular complexity index is 734. The van der Waals surface area contributed by atoms with E-state index in [2.05, 4.69) is 30.5 Å². The van der Waals surface area contributed by atoms with Gasteiger partial charge in [0.2, 0.25) is 5.95 Å². The van der Waals surface area contributed by atoms with Crippen LogP contribution in [-0.2, 0) is 6.42 Å². The van der Waals surface area contributed by atoms with Crippen molar-refractivity contribution in [2.45, 2.75) is 6.42 Å². The van der Waals surface area contributed by atoms with E-state index in [-0.39, 0.29) is 11.8 Å². The topological polar surface area (TPSA) is 105 Å². The molecule has 0 saturated carbocycles. The SMILES string of the molecule is Nc1n[nH]c(CCNc2ncnc3cccc(F)c23)n1. The van der Waals surface area contributed by atoms with Crippen LogP contribution in [0.2, 0.25) is 0 Å². The number of aromatic nitrogens is 5. The number of nitrogens with one attached hydrogen (secondary N) is 2. The molecule has 0 aliphatic heterocycles. The van der Waals surface area contributed by atoms with Crippen LogP contribution in [0, 0.1) is 5.82 Å². The highest BCUT2D eigenvalue weighted by Crippen LogP contribution is 2.21. The van der Waals surface area contributed by atoms with Crippen LogP contribution in [0.4, 0.5) is 16.2 Å². The minimum Gasteiger partial charge on any atom is -0.369 e. The second kappa shape index (κ2) is 5.08. The van der Waals surface area contributed by atoms with Gasteiger partial charge in [-0.1, -0.05) is 6.07 Å². The summed E-state index contributed by atoms with van der Waals surface area (Å²) in [6.45, 7) is 0.523. The maximum absolute atomic E-state index is 13.8. The molecule has 0 aliphatic carbocycles. The fourth-order valence-corrected chi connectivity index (χ4v) is 1.92. The zero-order valence-corrected chi connectivity index (χ0v) is 10.5. The molecule has 3 aromatic rings. The predicted octanol–water partition coefficient (Wildman–Crippen LogP) is 1.12. The number of H-pyrrole nitrogens is 1. The van der Waals surface area contributed by atoms with Crippen molar-refractivity contribution >= 4 is 22.7 Å². The fourth-order valence-electron chi connectivity index (χ4n) is 1.92. The van der Waals surface area contributed by atoms with Gasteiger partial charge in [-0.05, 0) is 12.1 Å². The zero-order chi connectivity index (χ0) is 13.9. The summed E-state index contributed by atoms with van der Waals surface area (Å²) in [4.78, 5) is 12.1. The molecular formula is C12H12FN7. The molecule has 0 bridgehead atoms. The quantitative estimate of drug-likeness (QED) is 0.658. The number of nitrogens with zero attached hydrogens (tertiary/aromatic N) is 4. The van der Waals surface area contributed by atoms with Crippen LogP contribution in [0.1, 0.15) is 5.82 Å². The normalized spacial score (nSPS) is 10.8. The van der Waals surface area contributed by atoms with Crippen molar-refractivity contribution in [3.63, 3.8) is 0 Å². The van der Waals surface area contributed by atoms with Gasteiger partial charge in [-0.2, -0.15) is 4.98 Å². The molecule has 20 heavy (non-hydrogen) atoms. The van der Waals surface area contributed by atoms with Crippen LogP contribution < -0.4 is 11.1 Å². The molecule has 3 rings (SSSR count). The number of anilines is 2. The molecule has 0 aliphatic rings. The van der Waals surface area contributed by atoms with Crippen LogP contribution in [0.25, 0.3) is 10.9 Å². The van der Waals surface area contributed by atoms with Crippen molar-refractivity contribution in [1.29, 1.82) is 0 Å². The van der Waals surface area contributed by atoms with E-state index in [1.807, 2.05) is 0 Å². The summed E-state index contributed by atoms with van der Waals surface area (Å²) in [6, 6.07) is 4.74. The average molecular weight is 273 g/mol. The Morgan fingerprint density at radius 1 is 1.30 bits per heavy atom. The molecular weight excluding hydrogens is 261 g/mol. The molecule has 2 aromatic heterocycles. The molecule has 0 spiro atoms. The maximum Gasteiger partial charge on any atom is 0.239 e. The monoisotopic (exact) mass is 273 g/mol. The van der Waals surface area contributed by atoms with E-state index < -0.39 is 0 Å². The first-order valence-corrected chi connectivity index (χ1v) is 6.04. The lowest BCUT2D eigenvalue weighted by Gasteiger charge is -2.07. The molecule has 0 amide bonds. The number of nitrogen functional groups attached to an aromatic ring is 1. The second-order valence-corrected chi connectivity index (χ2v) is 4.17. The van der Waals surface area contributed by atoms with Gasteiger partial charge in [0.15, 0.2) is 0 Å².